The summed E-state index contributed by atoms with van der Waals surface area (Å²) in [5.74, 6) is 3.49. The SMILES string of the molecule is CC[C@H](CC[C@@H](C)[C@H]1CC(O)[C@H]2[C@@H]3C(O)C=C4CC(O)CC[C@]4(C)[C@H]3CC[C@]12C)C(C)C. The quantitative estimate of drug-likeness (QED) is 0.441. The van der Waals surface area contributed by atoms with Crippen LogP contribution in [0.4, 0.5) is 0 Å². The van der Waals surface area contributed by atoms with Crippen molar-refractivity contribution in [2.75, 3.05) is 0 Å². The highest BCUT2D eigenvalue weighted by Gasteiger charge is 2.63. The standard InChI is InChI=1S/C29H50O3/c1-7-19(17(2)3)9-8-18(4)23-16-25(32)27-26-22(11-13-29(23,27)6)28(5)12-10-21(30)14-20(28)15-24(26)31/h15,17-19,21-27,30-32H,7-14,16H2,1-6H3/t18-,19-,21?,22+,23-,24?,25?,26+,27+,28+,29-/m1/s1. The molecule has 0 saturated heterocycles. The second-order valence-electron chi connectivity index (χ2n) is 13.1. The minimum Gasteiger partial charge on any atom is -0.393 e. The molecule has 0 bridgehead atoms. The lowest BCUT2D eigenvalue weighted by molar-refractivity contribution is -0.118. The zero-order chi connectivity index (χ0) is 23.4. The van der Waals surface area contributed by atoms with Gasteiger partial charge < -0.3 is 15.3 Å². The summed E-state index contributed by atoms with van der Waals surface area (Å²) < 4.78 is 0. The summed E-state index contributed by atoms with van der Waals surface area (Å²) in [5.41, 5.74) is 1.49. The van der Waals surface area contributed by atoms with Crippen molar-refractivity contribution in [2.45, 2.75) is 118 Å². The summed E-state index contributed by atoms with van der Waals surface area (Å²) in [5, 5.41) is 33.0. The van der Waals surface area contributed by atoms with E-state index in [9.17, 15) is 15.3 Å². The van der Waals surface area contributed by atoms with Gasteiger partial charge in [-0.2, -0.15) is 0 Å². The van der Waals surface area contributed by atoms with Crippen LogP contribution in [0.3, 0.4) is 0 Å². The van der Waals surface area contributed by atoms with Crippen molar-refractivity contribution < 1.29 is 15.3 Å². The molecule has 0 aromatic rings. The Morgan fingerprint density at radius 2 is 1.75 bits per heavy atom. The zero-order valence-electron chi connectivity index (χ0n) is 21.6. The molecule has 3 unspecified atom stereocenters. The number of aliphatic hydroxyl groups excluding tert-OH is 3. The van der Waals surface area contributed by atoms with E-state index in [1.165, 1.54) is 31.3 Å². The molecule has 184 valence electrons. The maximum absolute atomic E-state index is 11.4. The van der Waals surface area contributed by atoms with E-state index in [1.807, 2.05) is 0 Å². The fourth-order valence-corrected chi connectivity index (χ4v) is 9.30. The van der Waals surface area contributed by atoms with Gasteiger partial charge in [-0.05, 0) is 97.2 Å². The Morgan fingerprint density at radius 3 is 2.41 bits per heavy atom. The minimum atomic E-state index is -0.480. The fraction of sp³-hybridized carbons (Fsp3) is 0.931. The molecule has 0 heterocycles. The van der Waals surface area contributed by atoms with Gasteiger partial charge in [0.1, 0.15) is 0 Å². The first-order valence-electron chi connectivity index (χ1n) is 13.8. The first-order chi connectivity index (χ1) is 15.0. The van der Waals surface area contributed by atoms with Crippen molar-refractivity contribution in [3.63, 3.8) is 0 Å². The lowest BCUT2D eigenvalue weighted by Crippen LogP contribution is -2.56. The molecule has 3 saturated carbocycles. The molecule has 0 amide bonds. The molecular formula is C29H50O3. The predicted octanol–water partition coefficient (Wildman–Crippen LogP) is 5.97. The maximum atomic E-state index is 11.4. The Balaban J connectivity index is 1.56. The highest BCUT2D eigenvalue weighted by atomic mass is 16.3. The van der Waals surface area contributed by atoms with Gasteiger partial charge in [-0.3, -0.25) is 0 Å². The summed E-state index contributed by atoms with van der Waals surface area (Å²) in [6.07, 6.45) is 10.7. The number of rotatable bonds is 6. The third-order valence-electron chi connectivity index (χ3n) is 11.3. The van der Waals surface area contributed by atoms with E-state index in [1.54, 1.807) is 0 Å². The van der Waals surface area contributed by atoms with Crippen LogP contribution in [0.1, 0.15) is 99.3 Å². The van der Waals surface area contributed by atoms with Gasteiger partial charge in [0, 0.05) is 0 Å². The van der Waals surface area contributed by atoms with Gasteiger partial charge in [0.15, 0.2) is 0 Å². The van der Waals surface area contributed by atoms with E-state index in [4.69, 9.17) is 0 Å². The van der Waals surface area contributed by atoms with E-state index >= 15 is 0 Å². The molecule has 3 fully saturated rings. The molecule has 0 radical (unpaired) electrons. The Kier molecular flexibility index (Phi) is 6.96. The molecule has 0 aromatic heterocycles. The van der Waals surface area contributed by atoms with Crippen molar-refractivity contribution in [2.24, 2.45) is 52.3 Å². The molecule has 32 heavy (non-hydrogen) atoms. The molecule has 11 atom stereocenters. The molecule has 3 N–H and O–H groups in total. The Bertz CT molecular complexity index is 701. The van der Waals surface area contributed by atoms with Crippen molar-refractivity contribution >= 4 is 0 Å². The van der Waals surface area contributed by atoms with Gasteiger partial charge in [0.25, 0.3) is 0 Å². The molecule has 3 heteroatoms. The van der Waals surface area contributed by atoms with Crippen LogP contribution in [-0.2, 0) is 0 Å². The van der Waals surface area contributed by atoms with E-state index in [2.05, 4.69) is 47.6 Å². The van der Waals surface area contributed by atoms with Crippen LogP contribution < -0.4 is 0 Å². The summed E-state index contributed by atoms with van der Waals surface area (Å²) in [6.45, 7) is 14.3. The van der Waals surface area contributed by atoms with Crippen molar-refractivity contribution in [1.82, 2.24) is 0 Å². The number of fused-ring (bicyclic) bond motifs is 5. The largest absolute Gasteiger partial charge is 0.393 e. The first-order valence-corrected chi connectivity index (χ1v) is 13.8. The highest BCUT2D eigenvalue weighted by Crippen LogP contribution is 2.67. The number of hydrogen-bond donors (Lipinski definition) is 3. The van der Waals surface area contributed by atoms with Gasteiger partial charge >= 0.3 is 0 Å². The lowest BCUT2D eigenvalue weighted by Gasteiger charge is -2.59. The van der Waals surface area contributed by atoms with E-state index < -0.39 is 6.10 Å². The van der Waals surface area contributed by atoms with Crippen LogP contribution in [0, 0.1) is 52.3 Å². The van der Waals surface area contributed by atoms with Crippen LogP contribution in [0.5, 0.6) is 0 Å². The fourth-order valence-electron chi connectivity index (χ4n) is 9.30. The van der Waals surface area contributed by atoms with Crippen molar-refractivity contribution in [3.8, 4) is 0 Å². The van der Waals surface area contributed by atoms with Crippen LogP contribution in [0.2, 0.25) is 0 Å². The molecule has 4 rings (SSSR count). The average molecular weight is 447 g/mol. The lowest BCUT2D eigenvalue weighted by atomic mass is 9.46. The Labute approximate surface area is 197 Å². The second-order valence-corrected chi connectivity index (χ2v) is 13.1. The van der Waals surface area contributed by atoms with Gasteiger partial charge in [-0.15, -0.1) is 0 Å². The Hall–Kier alpha value is -0.380. The van der Waals surface area contributed by atoms with Crippen molar-refractivity contribution in [3.05, 3.63) is 11.6 Å². The second kappa shape index (κ2) is 9.00. The smallest absolute Gasteiger partial charge is 0.0758 e. The summed E-state index contributed by atoms with van der Waals surface area (Å²) in [4.78, 5) is 0. The third-order valence-corrected chi connectivity index (χ3v) is 11.3. The average Bonchev–Trinajstić information content (AvgIpc) is 3.00. The van der Waals surface area contributed by atoms with E-state index in [0.717, 1.165) is 43.9 Å². The van der Waals surface area contributed by atoms with Crippen LogP contribution in [0.15, 0.2) is 11.6 Å². The first kappa shape index (κ1) is 24.7. The van der Waals surface area contributed by atoms with Crippen molar-refractivity contribution in [1.29, 1.82) is 0 Å². The minimum absolute atomic E-state index is 0.0828. The van der Waals surface area contributed by atoms with Crippen LogP contribution in [0.25, 0.3) is 0 Å². The van der Waals surface area contributed by atoms with E-state index in [-0.39, 0.29) is 34.9 Å². The molecule has 0 spiro atoms. The van der Waals surface area contributed by atoms with Gasteiger partial charge in [-0.25, -0.2) is 0 Å². The summed E-state index contributed by atoms with van der Waals surface area (Å²) >= 11 is 0. The summed E-state index contributed by atoms with van der Waals surface area (Å²) in [7, 11) is 0. The maximum Gasteiger partial charge on any atom is 0.0758 e. The topological polar surface area (TPSA) is 60.7 Å². The van der Waals surface area contributed by atoms with Gasteiger partial charge in [0.2, 0.25) is 0 Å². The van der Waals surface area contributed by atoms with Crippen LogP contribution >= 0.6 is 0 Å². The molecular weight excluding hydrogens is 396 g/mol. The highest BCUT2D eigenvalue weighted by molar-refractivity contribution is 5.28. The monoisotopic (exact) mass is 446 g/mol. The Morgan fingerprint density at radius 1 is 1.03 bits per heavy atom. The molecule has 4 aliphatic rings. The third kappa shape index (κ3) is 3.93. The number of aliphatic hydroxyl groups is 3. The molecule has 0 aliphatic heterocycles. The van der Waals surface area contributed by atoms with Crippen LogP contribution in [-0.4, -0.2) is 33.6 Å². The molecule has 0 aromatic carbocycles. The van der Waals surface area contributed by atoms with E-state index in [0.29, 0.717) is 17.8 Å². The van der Waals surface area contributed by atoms with Gasteiger partial charge in [0.05, 0.1) is 18.3 Å². The predicted molar refractivity (Wildman–Crippen MR) is 131 cm³/mol. The zero-order valence-corrected chi connectivity index (χ0v) is 21.6. The number of hydrogen-bond acceptors (Lipinski definition) is 3. The van der Waals surface area contributed by atoms with Gasteiger partial charge in [-0.1, -0.05) is 66.0 Å². The normalized spacial score (nSPS) is 47.9. The molecule has 3 nitrogen and oxygen atoms in total. The summed E-state index contributed by atoms with van der Waals surface area (Å²) in [6, 6.07) is 0. The molecule has 4 aliphatic carbocycles.